The van der Waals surface area contributed by atoms with Crippen LogP contribution in [0.5, 0.6) is 0 Å². The molecule has 0 aromatic carbocycles. The molecule has 4 heteroatoms. The Morgan fingerprint density at radius 2 is 1.90 bits per heavy atom. The first-order chi connectivity index (χ1) is 4.79. The van der Waals surface area contributed by atoms with Crippen molar-refractivity contribution in [1.82, 2.24) is 0 Å². The Kier molecular flexibility index (Phi) is 2.25. The molecule has 1 saturated heterocycles. The summed E-state index contributed by atoms with van der Waals surface area (Å²) in [6.07, 6.45) is -0.387. The molecule has 0 bridgehead atoms. The molecule has 0 aromatic rings. The van der Waals surface area contributed by atoms with E-state index in [1.54, 1.807) is 21.3 Å². The molecule has 1 rings (SSSR count). The predicted molar refractivity (Wildman–Crippen MR) is 33.5 cm³/mol. The number of hydrogen-bond acceptors (Lipinski definition) is 4. The van der Waals surface area contributed by atoms with E-state index < -0.39 is 5.79 Å². The van der Waals surface area contributed by atoms with Crippen molar-refractivity contribution in [2.45, 2.75) is 12.1 Å². The molecule has 1 aliphatic heterocycles. The first kappa shape index (κ1) is 7.94. The largest absolute Gasteiger partial charge is 0.351 e. The average Bonchev–Trinajstić information content (AvgIpc) is 1.90. The normalized spacial score (nSPS) is 29.7. The van der Waals surface area contributed by atoms with Crippen molar-refractivity contribution in [3.8, 4) is 0 Å². The van der Waals surface area contributed by atoms with E-state index in [-0.39, 0.29) is 6.29 Å². The van der Waals surface area contributed by atoms with Crippen LogP contribution < -0.4 is 0 Å². The van der Waals surface area contributed by atoms with Gasteiger partial charge in [0.1, 0.15) is 6.61 Å². The highest BCUT2D eigenvalue weighted by Gasteiger charge is 2.50. The third-order valence-electron chi connectivity index (χ3n) is 1.70. The van der Waals surface area contributed by atoms with E-state index in [2.05, 4.69) is 0 Å². The second-order valence-corrected chi connectivity index (χ2v) is 2.10. The van der Waals surface area contributed by atoms with Gasteiger partial charge in [0.25, 0.3) is 0 Å². The molecule has 0 radical (unpaired) electrons. The monoisotopic (exact) mass is 148 g/mol. The van der Waals surface area contributed by atoms with Crippen molar-refractivity contribution >= 4 is 0 Å². The molecule has 0 spiro atoms. The maximum atomic E-state index is 5.05. The van der Waals surface area contributed by atoms with Crippen LogP contribution in [0.3, 0.4) is 0 Å². The second-order valence-electron chi connectivity index (χ2n) is 2.10. The van der Waals surface area contributed by atoms with Gasteiger partial charge >= 0.3 is 0 Å². The Morgan fingerprint density at radius 1 is 1.30 bits per heavy atom. The van der Waals surface area contributed by atoms with E-state index in [0.29, 0.717) is 6.61 Å². The van der Waals surface area contributed by atoms with E-state index in [9.17, 15) is 0 Å². The first-order valence-corrected chi connectivity index (χ1v) is 3.04. The molecule has 0 saturated carbocycles. The van der Waals surface area contributed by atoms with Crippen molar-refractivity contribution in [3.63, 3.8) is 0 Å². The second kappa shape index (κ2) is 2.84. The summed E-state index contributed by atoms with van der Waals surface area (Å²) in [6.45, 7) is 0.429. The Hall–Kier alpha value is -0.160. The molecule has 1 heterocycles. The molecule has 0 amide bonds. The highest BCUT2D eigenvalue weighted by Crippen LogP contribution is 2.29. The van der Waals surface area contributed by atoms with Crippen molar-refractivity contribution < 1.29 is 18.9 Å². The molecule has 1 fully saturated rings. The van der Waals surface area contributed by atoms with E-state index in [1.807, 2.05) is 0 Å². The summed E-state index contributed by atoms with van der Waals surface area (Å²) in [5, 5.41) is 0. The van der Waals surface area contributed by atoms with Crippen LogP contribution in [-0.4, -0.2) is 40.0 Å². The lowest BCUT2D eigenvalue weighted by Crippen LogP contribution is -2.61. The summed E-state index contributed by atoms with van der Waals surface area (Å²) < 4.78 is 20.0. The smallest absolute Gasteiger partial charge is 0.244 e. The Morgan fingerprint density at radius 3 is 2.00 bits per heavy atom. The molecule has 1 aliphatic rings. The highest BCUT2D eigenvalue weighted by molar-refractivity contribution is 4.81. The van der Waals surface area contributed by atoms with Gasteiger partial charge in [-0.05, 0) is 0 Å². The summed E-state index contributed by atoms with van der Waals surface area (Å²) in [5.41, 5.74) is 0. The van der Waals surface area contributed by atoms with Crippen LogP contribution >= 0.6 is 0 Å². The van der Waals surface area contributed by atoms with Gasteiger partial charge in [-0.2, -0.15) is 0 Å². The zero-order chi connectivity index (χ0) is 7.61. The van der Waals surface area contributed by atoms with Gasteiger partial charge in [0.15, 0.2) is 0 Å². The molecular weight excluding hydrogens is 136 g/mol. The molecule has 10 heavy (non-hydrogen) atoms. The number of ether oxygens (including phenoxy) is 4. The van der Waals surface area contributed by atoms with Gasteiger partial charge in [-0.1, -0.05) is 0 Å². The fraction of sp³-hybridized carbons (Fsp3) is 1.00. The summed E-state index contributed by atoms with van der Waals surface area (Å²) in [7, 11) is 4.69. The van der Waals surface area contributed by atoms with E-state index in [0.717, 1.165) is 0 Å². The van der Waals surface area contributed by atoms with Crippen LogP contribution in [0.15, 0.2) is 0 Å². The van der Waals surface area contributed by atoms with E-state index in [1.165, 1.54) is 0 Å². The molecule has 60 valence electrons. The van der Waals surface area contributed by atoms with Crippen LogP contribution in [-0.2, 0) is 18.9 Å². The standard InChI is InChI=1S/C6H12O4/c1-7-5-6(8-2,9-3)4-10-5/h5H,4H2,1-3H3. The summed E-state index contributed by atoms with van der Waals surface area (Å²) in [4.78, 5) is 0. The average molecular weight is 148 g/mol. The van der Waals surface area contributed by atoms with Gasteiger partial charge < -0.3 is 18.9 Å². The lowest BCUT2D eigenvalue weighted by Gasteiger charge is -2.44. The Balaban J connectivity index is 2.48. The third-order valence-corrected chi connectivity index (χ3v) is 1.70. The molecule has 0 aromatic heterocycles. The number of rotatable bonds is 3. The molecule has 1 unspecified atom stereocenters. The fourth-order valence-corrected chi connectivity index (χ4v) is 0.929. The van der Waals surface area contributed by atoms with Crippen LogP contribution in [0.4, 0.5) is 0 Å². The van der Waals surface area contributed by atoms with Gasteiger partial charge in [-0.3, -0.25) is 0 Å². The minimum atomic E-state index is -0.672. The van der Waals surface area contributed by atoms with Crippen molar-refractivity contribution in [2.24, 2.45) is 0 Å². The lowest BCUT2D eigenvalue weighted by atomic mass is 10.2. The minimum Gasteiger partial charge on any atom is -0.351 e. The maximum Gasteiger partial charge on any atom is 0.244 e. The quantitative estimate of drug-likeness (QED) is 0.527. The minimum absolute atomic E-state index is 0.387. The molecule has 1 atom stereocenters. The lowest BCUT2D eigenvalue weighted by molar-refractivity contribution is -0.422. The molecule has 0 N–H and O–H groups in total. The zero-order valence-electron chi connectivity index (χ0n) is 6.42. The number of hydrogen-bond donors (Lipinski definition) is 0. The topological polar surface area (TPSA) is 36.9 Å². The van der Waals surface area contributed by atoms with Gasteiger partial charge in [-0.25, -0.2) is 0 Å². The Labute approximate surface area is 60.0 Å². The summed E-state index contributed by atoms with van der Waals surface area (Å²) >= 11 is 0. The molecule has 0 aliphatic carbocycles. The zero-order valence-corrected chi connectivity index (χ0v) is 6.42. The molecule has 4 nitrogen and oxygen atoms in total. The molecular formula is C6H12O4. The van der Waals surface area contributed by atoms with Gasteiger partial charge in [0.05, 0.1) is 0 Å². The highest BCUT2D eigenvalue weighted by atomic mass is 16.8. The fourth-order valence-electron chi connectivity index (χ4n) is 0.929. The number of methoxy groups -OCH3 is 3. The van der Waals surface area contributed by atoms with Crippen LogP contribution in [0.1, 0.15) is 0 Å². The first-order valence-electron chi connectivity index (χ1n) is 3.04. The van der Waals surface area contributed by atoms with Gasteiger partial charge in [-0.15, -0.1) is 0 Å². The van der Waals surface area contributed by atoms with Crippen molar-refractivity contribution in [2.75, 3.05) is 27.9 Å². The van der Waals surface area contributed by atoms with Crippen LogP contribution in [0.25, 0.3) is 0 Å². The van der Waals surface area contributed by atoms with E-state index >= 15 is 0 Å². The maximum absolute atomic E-state index is 5.05. The van der Waals surface area contributed by atoms with Crippen molar-refractivity contribution in [1.29, 1.82) is 0 Å². The van der Waals surface area contributed by atoms with Crippen LogP contribution in [0.2, 0.25) is 0 Å². The van der Waals surface area contributed by atoms with Gasteiger partial charge in [0.2, 0.25) is 12.1 Å². The Bertz CT molecular complexity index is 103. The SMILES string of the molecule is COC1OCC1(OC)OC. The van der Waals surface area contributed by atoms with Crippen molar-refractivity contribution in [3.05, 3.63) is 0 Å². The van der Waals surface area contributed by atoms with Crippen LogP contribution in [0, 0.1) is 0 Å². The predicted octanol–water partition coefficient (Wildman–Crippen LogP) is -0.0218. The van der Waals surface area contributed by atoms with Gasteiger partial charge in [0, 0.05) is 21.3 Å². The van der Waals surface area contributed by atoms with E-state index in [4.69, 9.17) is 18.9 Å². The summed E-state index contributed by atoms with van der Waals surface area (Å²) in [6, 6.07) is 0. The third kappa shape index (κ3) is 0.932. The summed E-state index contributed by atoms with van der Waals surface area (Å²) in [5.74, 6) is -0.672.